The molecule has 0 bridgehead atoms. The van der Waals surface area contributed by atoms with Gasteiger partial charge in [-0.2, -0.15) is 0 Å². The van der Waals surface area contributed by atoms with Crippen LogP contribution in [0.3, 0.4) is 0 Å². The third-order valence-corrected chi connectivity index (χ3v) is 4.98. The molecule has 1 aromatic rings. The molecule has 0 radical (unpaired) electrons. The Kier molecular flexibility index (Phi) is 4.24. The molecule has 20 heavy (non-hydrogen) atoms. The number of pyridine rings is 1. The third-order valence-electron chi connectivity index (χ3n) is 3.27. The normalized spacial score (nSPS) is 18.4. The molecule has 3 N–H and O–H groups in total. The SMILES string of the molecule is Cc1cc(NN)c(C(=O)N2CCCS(=O)(=O)CC2)cn1. The van der Waals surface area contributed by atoms with Crippen LogP contribution in [0.15, 0.2) is 12.3 Å². The first-order valence-electron chi connectivity index (χ1n) is 6.36. The maximum Gasteiger partial charge on any atom is 0.257 e. The fourth-order valence-electron chi connectivity index (χ4n) is 2.16. The topological polar surface area (TPSA) is 105 Å². The largest absolute Gasteiger partial charge is 0.337 e. The van der Waals surface area contributed by atoms with Crippen molar-refractivity contribution >= 4 is 21.4 Å². The van der Waals surface area contributed by atoms with Gasteiger partial charge >= 0.3 is 0 Å². The van der Waals surface area contributed by atoms with E-state index in [1.54, 1.807) is 13.0 Å². The smallest absolute Gasteiger partial charge is 0.257 e. The number of hydrogen-bond donors (Lipinski definition) is 2. The zero-order valence-corrected chi connectivity index (χ0v) is 12.1. The van der Waals surface area contributed by atoms with Crippen molar-refractivity contribution in [3.05, 3.63) is 23.5 Å². The molecule has 0 saturated carbocycles. The van der Waals surface area contributed by atoms with Crippen LogP contribution >= 0.6 is 0 Å². The highest BCUT2D eigenvalue weighted by atomic mass is 32.2. The molecule has 8 heteroatoms. The molecule has 1 fully saturated rings. The van der Waals surface area contributed by atoms with Crippen molar-refractivity contribution in [2.45, 2.75) is 13.3 Å². The molecule has 2 rings (SSSR count). The molecular formula is C12H18N4O3S. The van der Waals surface area contributed by atoms with Gasteiger partial charge < -0.3 is 10.3 Å². The number of amides is 1. The zero-order valence-electron chi connectivity index (χ0n) is 11.3. The molecule has 1 saturated heterocycles. The van der Waals surface area contributed by atoms with Gasteiger partial charge in [-0.1, -0.05) is 0 Å². The van der Waals surface area contributed by atoms with Crippen LogP contribution in [-0.4, -0.2) is 48.8 Å². The quantitative estimate of drug-likeness (QED) is 0.585. The molecule has 1 aliphatic rings. The average Bonchev–Trinajstić information content (AvgIpc) is 2.59. The summed E-state index contributed by atoms with van der Waals surface area (Å²) in [4.78, 5) is 18.1. The van der Waals surface area contributed by atoms with Gasteiger partial charge in [0, 0.05) is 25.0 Å². The molecule has 0 atom stereocenters. The summed E-state index contributed by atoms with van der Waals surface area (Å²) >= 11 is 0. The Balaban J connectivity index is 2.23. The molecule has 2 heterocycles. The summed E-state index contributed by atoms with van der Waals surface area (Å²) in [5, 5.41) is 0. The number of aromatic nitrogens is 1. The third kappa shape index (κ3) is 3.26. The predicted octanol–water partition coefficient (Wildman–Crippen LogP) is -0.0637. The highest BCUT2D eigenvalue weighted by Gasteiger charge is 2.24. The number of nitrogens with zero attached hydrogens (tertiary/aromatic N) is 2. The van der Waals surface area contributed by atoms with Crippen molar-refractivity contribution in [3.8, 4) is 0 Å². The maximum absolute atomic E-state index is 12.5. The number of sulfone groups is 1. The Bertz CT molecular complexity index is 615. The second-order valence-electron chi connectivity index (χ2n) is 4.81. The number of anilines is 1. The summed E-state index contributed by atoms with van der Waals surface area (Å²) in [5.74, 6) is 5.30. The molecule has 0 spiro atoms. The van der Waals surface area contributed by atoms with Crippen LogP contribution in [0.1, 0.15) is 22.5 Å². The number of nitrogens with one attached hydrogen (secondary N) is 1. The molecule has 1 aromatic heterocycles. The second kappa shape index (κ2) is 5.76. The minimum absolute atomic E-state index is 0.00339. The molecule has 1 aliphatic heterocycles. The summed E-state index contributed by atoms with van der Waals surface area (Å²) in [6.07, 6.45) is 1.92. The molecule has 0 unspecified atom stereocenters. The Hall–Kier alpha value is -1.67. The van der Waals surface area contributed by atoms with E-state index in [1.807, 2.05) is 0 Å². The number of nitrogen functional groups attached to an aromatic ring is 1. The summed E-state index contributed by atoms with van der Waals surface area (Å²) in [6.45, 7) is 2.43. The van der Waals surface area contributed by atoms with Gasteiger partial charge in [0.15, 0.2) is 9.84 Å². The summed E-state index contributed by atoms with van der Waals surface area (Å²) < 4.78 is 23.1. The first-order chi connectivity index (χ1) is 9.43. The van der Waals surface area contributed by atoms with Gasteiger partial charge in [0.1, 0.15) is 0 Å². The predicted molar refractivity (Wildman–Crippen MR) is 76.0 cm³/mol. The first kappa shape index (κ1) is 14.7. The lowest BCUT2D eigenvalue weighted by molar-refractivity contribution is 0.0769. The Morgan fingerprint density at radius 1 is 1.40 bits per heavy atom. The number of carbonyl (C=O) groups excluding carboxylic acids is 1. The van der Waals surface area contributed by atoms with Crippen LogP contribution < -0.4 is 11.3 Å². The van der Waals surface area contributed by atoms with Crippen LogP contribution in [0.4, 0.5) is 5.69 Å². The van der Waals surface area contributed by atoms with Crippen LogP contribution in [0.5, 0.6) is 0 Å². The molecule has 7 nitrogen and oxygen atoms in total. The summed E-state index contributed by atoms with van der Waals surface area (Å²) in [5.41, 5.74) is 4.08. The van der Waals surface area contributed by atoms with Crippen molar-refractivity contribution in [3.63, 3.8) is 0 Å². The minimum Gasteiger partial charge on any atom is -0.337 e. The Morgan fingerprint density at radius 3 is 2.85 bits per heavy atom. The van der Waals surface area contributed by atoms with Gasteiger partial charge in [0.2, 0.25) is 0 Å². The minimum atomic E-state index is -3.04. The standard InChI is InChI=1S/C12H18N4O3S/c1-9-7-11(15-13)10(8-14-9)12(17)16-3-2-5-20(18,19)6-4-16/h7-8H,2-6,13H2,1H3,(H,14,15). The number of hydrazine groups is 1. The van der Waals surface area contributed by atoms with Gasteiger partial charge in [-0.25, -0.2) is 8.42 Å². The van der Waals surface area contributed by atoms with E-state index < -0.39 is 9.84 Å². The molecule has 110 valence electrons. The average molecular weight is 298 g/mol. The second-order valence-corrected chi connectivity index (χ2v) is 7.12. The van der Waals surface area contributed by atoms with E-state index in [-0.39, 0.29) is 24.0 Å². The van der Waals surface area contributed by atoms with Crippen molar-refractivity contribution in [1.82, 2.24) is 9.88 Å². The Morgan fingerprint density at radius 2 is 2.15 bits per heavy atom. The van der Waals surface area contributed by atoms with Crippen molar-refractivity contribution in [2.75, 3.05) is 30.0 Å². The van der Waals surface area contributed by atoms with Crippen molar-refractivity contribution < 1.29 is 13.2 Å². The van der Waals surface area contributed by atoms with Crippen LogP contribution in [0.25, 0.3) is 0 Å². The van der Waals surface area contributed by atoms with E-state index in [9.17, 15) is 13.2 Å². The fourth-order valence-corrected chi connectivity index (χ4v) is 3.43. The lowest BCUT2D eigenvalue weighted by Crippen LogP contribution is -2.34. The van der Waals surface area contributed by atoms with E-state index in [0.29, 0.717) is 24.2 Å². The monoisotopic (exact) mass is 298 g/mol. The number of rotatable bonds is 2. The number of nitrogens with two attached hydrogens (primary N) is 1. The zero-order chi connectivity index (χ0) is 14.8. The highest BCUT2D eigenvalue weighted by molar-refractivity contribution is 7.91. The van der Waals surface area contributed by atoms with Gasteiger partial charge in [-0.15, -0.1) is 0 Å². The number of carbonyl (C=O) groups is 1. The highest BCUT2D eigenvalue weighted by Crippen LogP contribution is 2.18. The van der Waals surface area contributed by atoms with Gasteiger partial charge in [0.25, 0.3) is 5.91 Å². The van der Waals surface area contributed by atoms with Crippen LogP contribution in [0, 0.1) is 6.92 Å². The van der Waals surface area contributed by atoms with Crippen LogP contribution in [0.2, 0.25) is 0 Å². The Labute approximate surface area is 118 Å². The van der Waals surface area contributed by atoms with Gasteiger partial charge in [0.05, 0.1) is 22.8 Å². The summed E-state index contributed by atoms with van der Waals surface area (Å²) in [6, 6.07) is 1.68. The summed E-state index contributed by atoms with van der Waals surface area (Å²) in [7, 11) is -3.04. The van der Waals surface area contributed by atoms with Gasteiger partial charge in [-0.3, -0.25) is 15.6 Å². The molecule has 1 amide bonds. The van der Waals surface area contributed by atoms with E-state index in [4.69, 9.17) is 5.84 Å². The number of aryl methyl sites for hydroxylation is 1. The molecule has 0 aliphatic carbocycles. The maximum atomic E-state index is 12.5. The first-order valence-corrected chi connectivity index (χ1v) is 8.18. The fraction of sp³-hybridized carbons (Fsp3) is 0.500. The van der Waals surface area contributed by atoms with Crippen molar-refractivity contribution in [2.24, 2.45) is 5.84 Å². The van der Waals surface area contributed by atoms with E-state index in [2.05, 4.69) is 10.4 Å². The van der Waals surface area contributed by atoms with E-state index in [1.165, 1.54) is 11.1 Å². The molecule has 0 aromatic carbocycles. The lowest BCUT2D eigenvalue weighted by atomic mass is 10.2. The van der Waals surface area contributed by atoms with E-state index >= 15 is 0 Å². The lowest BCUT2D eigenvalue weighted by Gasteiger charge is -2.21. The van der Waals surface area contributed by atoms with Crippen molar-refractivity contribution in [1.29, 1.82) is 0 Å². The van der Waals surface area contributed by atoms with E-state index in [0.717, 1.165) is 5.69 Å². The van der Waals surface area contributed by atoms with Crippen LogP contribution in [-0.2, 0) is 9.84 Å². The van der Waals surface area contributed by atoms with Gasteiger partial charge in [-0.05, 0) is 19.4 Å². The molecular weight excluding hydrogens is 280 g/mol. The number of hydrogen-bond acceptors (Lipinski definition) is 6.